The van der Waals surface area contributed by atoms with Gasteiger partial charge < -0.3 is 14.2 Å². The van der Waals surface area contributed by atoms with Crippen LogP contribution in [0.2, 0.25) is 0 Å². The van der Waals surface area contributed by atoms with Gasteiger partial charge in [-0.25, -0.2) is 4.98 Å². The van der Waals surface area contributed by atoms with Crippen molar-refractivity contribution in [3.63, 3.8) is 0 Å². The number of fused-ring (bicyclic) bond motifs is 2. The van der Waals surface area contributed by atoms with Crippen LogP contribution in [-0.4, -0.2) is 43.9 Å². The Balaban J connectivity index is 1.52. The second-order valence-electron chi connectivity index (χ2n) is 9.58. The van der Waals surface area contributed by atoms with Gasteiger partial charge in [0.2, 0.25) is 0 Å². The van der Waals surface area contributed by atoms with Crippen molar-refractivity contribution in [3.8, 4) is 16.9 Å². The lowest BCUT2D eigenvalue weighted by molar-refractivity contribution is -0.141. The fraction of sp³-hybridized carbons (Fsp3) is 0.241. The summed E-state index contributed by atoms with van der Waals surface area (Å²) in [5.41, 5.74) is 2.37. The fourth-order valence-electron chi connectivity index (χ4n) is 5.27. The summed E-state index contributed by atoms with van der Waals surface area (Å²) in [4.78, 5) is 24.3. The van der Waals surface area contributed by atoms with E-state index >= 15 is 0 Å². The van der Waals surface area contributed by atoms with Crippen molar-refractivity contribution >= 4 is 22.5 Å². The summed E-state index contributed by atoms with van der Waals surface area (Å²) in [5, 5.41) is 4.57. The van der Waals surface area contributed by atoms with Gasteiger partial charge in [0.25, 0.3) is 5.91 Å². The van der Waals surface area contributed by atoms with Crippen molar-refractivity contribution in [1.82, 2.24) is 24.3 Å². The van der Waals surface area contributed by atoms with E-state index in [9.17, 15) is 18.0 Å². The molecule has 1 amide bonds. The smallest absolute Gasteiger partial charge is 0.435 e. The van der Waals surface area contributed by atoms with E-state index in [4.69, 9.17) is 4.74 Å². The van der Waals surface area contributed by atoms with Gasteiger partial charge in [-0.3, -0.25) is 14.5 Å². The maximum Gasteiger partial charge on any atom is 0.435 e. The zero-order valence-electron chi connectivity index (χ0n) is 21.8. The van der Waals surface area contributed by atoms with E-state index in [1.165, 1.54) is 10.9 Å². The van der Waals surface area contributed by atoms with Crippen LogP contribution in [0.4, 0.5) is 18.9 Å². The standard InChI is InChI=1S/C29H25F3N6O2/c1-3-37-16-24(27(35-37)29(30,31)32)21-11-18(15-36-10-8-33-17-36)12-22-20(21)7-9-38(28(22)39)26-6-4-5-25-23(26)13-19(40-2)14-34-25/h4-6,8,10-14,16-17H,3,7,9,15H2,1-2H3. The monoisotopic (exact) mass is 546 g/mol. The molecule has 4 heterocycles. The number of aromatic nitrogens is 5. The van der Waals surface area contributed by atoms with E-state index in [1.54, 1.807) is 60.6 Å². The Bertz CT molecular complexity index is 1730. The number of methoxy groups -OCH3 is 1. The Morgan fingerprint density at radius 2 is 1.93 bits per heavy atom. The average molecular weight is 547 g/mol. The molecule has 0 spiro atoms. The number of carbonyl (C=O) groups is 1. The van der Waals surface area contributed by atoms with E-state index in [2.05, 4.69) is 15.1 Å². The molecule has 0 fully saturated rings. The van der Waals surface area contributed by atoms with Crippen molar-refractivity contribution < 1.29 is 22.7 Å². The molecular formula is C29H25F3N6O2. The molecule has 2 aromatic carbocycles. The van der Waals surface area contributed by atoms with Gasteiger partial charge in [0.1, 0.15) is 5.75 Å². The van der Waals surface area contributed by atoms with Crippen LogP contribution in [0, 0.1) is 0 Å². The van der Waals surface area contributed by atoms with Gasteiger partial charge in [0.15, 0.2) is 5.69 Å². The molecule has 0 bridgehead atoms. The van der Waals surface area contributed by atoms with E-state index in [-0.39, 0.29) is 18.0 Å². The number of aryl methyl sites for hydroxylation is 1. The Morgan fingerprint density at radius 1 is 1.10 bits per heavy atom. The number of hydrogen-bond donors (Lipinski definition) is 0. The predicted molar refractivity (Wildman–Crippen MR) is 143 cm³/mol. The summed E-state index contributed by atoms with van der Waals surface area (Å²) in [6.07, 6.45) is 3.76. The molecular weight excluding hydrogens is 521 g/mol. The summed E-state index contributed by atoms with van der Waals surface area (Å²) in [7, 11) is 1.55. The maximum absolute atomic E-state index is 14.1. The predicted octanol–water partition coefficient (Wildman–Crippen LogP) is 5.59. The van der Waals surface area contributed by atoms with Gasteiger partial charge in [-0.15, -0.1) is 0 Å². The zero-order chi connectivity index (χ0) is 28.0. The number of anilines is 1. The molecule has 8 nitrogen and oxygen atoms in total. The molecule has 40 heavy (non-hydrogen) atoms. The van der Waals surface area contributed by atoms with Crippen molar-refractivity contribution in [3.05, 3.63) is 89.9 Å². The first-order valence-corrected chi connectivity index (χ1v) is 12.8. The normalized spacial score (nSPS) is 13.6. The molecule has 0 atom stereocenters. The molecule has 6 rings (SSSR count). The highest BCUT2D eigenvalue weighted by Gasteiger charge is 2.39. The molecule has 0 radical (unpaired) electrons. The van der Waals surface area contributed by atoms with Crippen LogP contribution in [0.15, 0.2) is 67.5 Å². The molecule has 0 saturated carbocycles. The minimum atomic E-state index is -4.65. The van der Waals surface area contributed by atoms with Crippen LogP contribution in [-0.2, 0) is 25.7 Å². The lowest BCUT2D eigenvalue weighted by Crippen LogP contribution is -2.38. The first kappa shape index (κ1) is 25.6. The van der Waals surface area contributed by atoms with Gasteiger partial charge in [0, 0.05) is 54.7 Å². The first-order valence-electron chi connectivity index (χ1n) is 12.8. The van der Waals surface area contributed by atoms with Crippen molar-refractivity contribution in [2.45, 2.75) is 32.6 Å². The molecule has 1 aliphatic rings. The van der Waals surface area contributed by atoms with Gasteiger partial charge in [-0.2, -0.15) is 18.3 Å². The molecule has 11 heteroatoms. The Morgan fingerprint density at radius 3 is 2.65 bits per heavy atom. The number of nitrogens with zero attached hydrogens (tertiary/aromatic N) is 6. The molecule has 3 aromatic heterocycles. The molecule has 5 aromatic rings. The molecule has 1 aliphatic heterocycles. The Labute approximate surface area is 227 Å². The van der Waals surface area contributed by atoms with Crippen LogP contribution in [0.5, 0.6) is 5.75 Å². The number of amides is 1. The second kappa shape index (κ2) is 9.82. The molecule has 0 N–H and O–H groups in total. The third kappa shape index (κ3) is 4.47. The summed E-state index contributed by atoms with van der Waals surface area (Å²) in [6.45, 7) is 2.65. The fourth-order valence-corrected chi connectivity index (χ4v) is 5.27. The van der Waals surface area contributed by atoms with Crippen LogP contribution in [0.3, 0.4) is 0 Å². The van der Waals surface area contributed by atoms with E-state index in [0.717, 1.165) is 5.39 Å². The first-order chi connectivity index (χ1) is 19.3. The van der Waals surface area contributed by atoms with Crippen LogP contribution < -0.4 is 9.64 Å². The number of alkyl halides is 3. The number of hydrogen-bond acceptors (Lipinski definition) is 5. The highest BCUT2D eigenvalue weighted by Crippen LogP contribution is 2.41. The van der Waals surface area contributed by atoms with Crippen LogP contribution in [0.25, 0.3) is 22.0 Å². The number of imidazole rings is 1. The van der Waals surface area contributed by atoms with E-state index in [0.29, 0.717) is 58.7 Å². The SMILES string of the molecule is CCn1cc(-c2cc(Cn3ccnc3)cc3c2CCN(c2cccc4ncc(OC)cc24)C3=O)c(C(F)(F)F)n1. The maximum atomic E-state index is 14.1. The minimum absolute atomic E-state index is 0.0292. The zero-order valence-corrected chi connectivity index (χ0v) is 21.8. The van der Waals surface area contributed by atoms with Gasteiger partial charge in [-0.1, -0.05) is 6.07 Å². The third-order valence-corrected chi connectivity index (χ3v) is 7.14. The quantitative estimate of drug-likeness (QED) is 0.277. The second-order valence-corrected chi connectivity index (χ2v) is 9.58. The summed E-state index contributed by atoms with van der Waals surface area (Å²) in [6, 6.07) is 10.9. The molecule has 0 unspecified atom stereocenters. The minimum Gasteiger partial charge on any atom is -0.495 e. The lowest BCUT2D eigenvalue weighted by atomic mass is 9.87. The van der Waals surface area contributed by atoms with Gasteiger partial charge >= 0.3 is 6.18 Å². The highest BCUT2D eigenvalue weighted by atomic mass is 19.4. The third-order valence-electron chi connectivity index (χ3n) is 7.14. The summed E-state index contributed by atoms with van der Waals surface area (Å²) in [5.74, 6) is 0.268. The number of halogens is 3. The van der Waals surface area contributed by atoms with Crippen molar-refractivity contribution in [1.29, 1.82) is 0 Å². The Kier molecular flexibility index (Phi) is 6.28. The summed E-state index contributed by atoms with van der Waals surface area (Å²) < 4.78 is 50.8. The number of pyridine rings is 1. The van der Waals surface area contributed by atoms with E-state index in [1.807, 2.05) is 24.3 Å². The number of carbonyl (C=O) groups excluding carboxylic acids is 1. The largest absolute Gasteiger partial charge is 0.495 e. The molecule has 0 saturated heterocycles. The highest BCUT2D eigenvalue weighted by molar-refractivity contribution is 6.13. The number of rotatable bonds is 6. The topological polar surface area (TPSA) is 78.1 Å². The van der Waals surface area contributed by atoms with Crippen molar-refractivity contribution in [2.75, 3.05) is 18.6 Å². The number of ether oxygens (including phenoxy) is 1. The van der Waals surface area contributed by atoms with Gasteiger partial charge in [0.05, 0.1) is 30.8 Å². The van der Waals surface area contributed by atoms with Crippen LogP contribution in [0.1, 0.15) is 34.1 Å². The van der Waals surface area contributed by atoms with Crippen LogP contribution >= 0.6 is 0 Å². The molecule has 0 aliphatic carbocycles. The van der Waals surface area contributed by atoms with Gasteiger partial charge in [-0.05, 0) is 60.4 Å². The van der Waals surface area contributed by atoms with Crippen molar-refractivity contribution in [2.24, 2.45) is 0 Å². The average Bonchev–Trinajstić information content (AvgIpc) is 3.63. The van der Waals surface area contributed by atoms with E-state index < -0.39 is 11.9 Å². The molecule has 204 valence electrons. The summed E-state index contributed by atoms with van der Waals surface area (Å²) >= 11 is 0. The number of benzene rings is 2. The Hall–Kier alpha value is -4.67. The lowest BCUT2D eigenvalue weighted by Gasteiger charge is -2.31.